The highest BCUT2D eigenvalue weighted by atomic mass is 16.3. The van der Waals surface area contributed by atoms with Crippen LogP contribution in [0.3, 0.4) is 0 Å². The normalized spacial score (nSPS) is 23.3. The quantitative estimate of drug-likeness (QED) is 0.917. The second-order valence-electron chi connectivity index (χ2n) is 5.63. The fraction of sp³-hybridized carbons (Fsp3) is 0.438. The summed E-state index contributed by atoms with van der Waals surface area (Å²) in [7, 11) is 2.02. The van der Waals surface area contributed by atoms with Crippen molar-refractivity contribution in [3.63, 3.8) is 0 Å². The van der Waals surface area contributed by atoms with Gasteiger partial charge in [0.25, 0.3) is 0 Å². The highest BCUT2D eigenvalue weighted by Gasteiger charge is 2.37. The monoisotopic (exact) mass is 271 g/mol. The van der Waals surface area contributed by atoms with Crippen molar-refractivity contribution in [3.8, 4) is 0 Å². The molecule has 4 nitrogen and oxygen atoms in total. The lowest BCUT2D eigenvalue weighted by atomic mass is 9.93. The van der Waals surface area contributed by atoms with Gasteiger partial charge in [-0.25, -0.2) is 4.98 Å². The van der Waals surface area contributed by atoms with Crippen molar-refractivity contribution < 1.29 is 5.11 Å². The molecule has 0 radical (unpaired) electrons. The number of likely N-dealkylation sites (tertiary alicyclic amines) is 1. The van der Waals surface area contributed by atoms with Crippen molar-refractivity contribution in [2.45, 2.75) is 18.4 Å². The molecule has 0 saturated carbocycles. The molecule has 0 aliphatic carbocycles. The van der Waals surface area contributed by atoms with Gasteiger partial charge in [0.1, 0.15) is 11.4 Å². The van der Waals surface area contributed by atoms with Crippen LogP contribution in [0.1, 0.15) is 17.8 Å². The molecule has 1 aliphatic heterocycles. The number of aromatic nitrogens is 2. The molecule has 0 unspecified atom stereocenters. The summed E-state index contributed by atoms with van der Waals surface area (Å²) in [6, 6.07) is 10.00. The summed E-state index contributed by atoms with van der Waals surface area (Å²) in [5.41, 5.74) is 0.336. The number of hydrogen-bond acceptors (Lipinski definition) is 3. The predicted octanol–water partition coefficient (Wildman–Crippen LogP) is 1.56. The van der Waals surface area contributed by atoms with E-state index in [1.165, 1.54) is 0 Å². The van der Waals surface area contributed by atoms with Crippen LogP contribution in [0, 0.1) is 0 Å². The van der Waals surface area contributed by atoms with Crippen molar-refractivity contribution in [1.29, 1.82) is 0 Å². The molecule has 1 saturated heterocycles. The van der Waals surface area contributed by atoms with Gasteiger partial charge < -0.3 is 9.67 Å². The van der Waals surface area contributed by atoms with Crippen LogP contribution >= 0.6 is 0 Å². The summed E-state index contributed by atoms with van der Waals surface area (Å²) in [5.74, 6) is 1.10. The van der Waals surface area contributed by atoms with Crippen molar-refractivity contribution in [2.75, 3.05) is 19.6 Å². The number of aryl methyl sites for hydroxylation is 1. The van der Waals surface area contributed by atoms with Gasteiger partial charge in [0.05, 0.1) is 0 Å². The molecule has 2 aromatic rings. The average molecular weight is 271 g/mol. The van der Waals surface area contributed by atoms with Gasteiger partial charge >= 0.3 is 0 Å². The van der Waals surface area contributed by atoms with Crippen LogP contribution in [0.25, 0.3) is 0 Å². The summed E-state index contributed by atoms with van der Waals surface area (Å²) in [5, 5.41) is 10.8. The van der Waals surface area contributed by atoms with Gasteiger partial charge in [0.15, 0.2) is 0 Å². The molecule has 2 heterocycles. The molecule has 0 amide bonds. The van der Waals surface area contributed by atoms with Crippen LogP contribution in [0.15, 0.2) is 42.7 Å². The first-order valence-electron chi connectivity index (χ1n) is 7.14. The SMILES string of the molecule is Cn1ccnc1CCN1CC[C@@](O)(c2ccccc2)C1. The van der Waals surface area contributed by atoms with Crippen LogP contribution in [0.5, 0.6) is 0 Å². The van der Waals surface area contributed by atoms with E-state index in [9.17, 15) is 5.11 Å². The van der Waals surface area contributed by atoms with E-state index >= 15 is 0 Å². The predicted molar refractivity (Wildman–Crippen MR) is 78.3 cm³/mol. The van der Waals surface area contributed by atoms with E-state index in [-0.39, 0.29) is 0 Å². The Balaban J connectivity index is 1.61. The molecule has 1 atom stereocenters. The smallest absolute Gasteiger partial charge is 0.109 e. The molecular formula is C16H21N3O. The average Bonchev–Trinajstić information content (AvgIpc) is 3.05. The highest BCUT2D eigenvalue weighted by molar-refractivity contribution is 5.24. The number of β-amino-alcohol motifs (C(OH)–C–C–N with tert-alkyl or cyclic N) is 1. The molecule has 1 aromatic heterocycles. The Morgan fingerprint density at radius 2 is 2.10 bits per heavy atom. The fourth-order valence-corrected chi connectivity index (χ4v) is 2.94. The standard InChI is InChI=1S/C16H21N3O/c1-18-12-9-17-15(18)7-10-19-11-8-16(20,13-19)14-5-3-2-4-6-14/h2-6,9,12,20H,7-8,10-11,13H2,1H3/t16-/m0/s1. The maximum atomic E-state index is 10.8. The molecule has 1 aromatic carbocycles. The number of nitrogens with zero attached hydrogens (tertiary/aromatic N) is 3. The molecule has 20 heavy (non-hydrogen) atoms. The Bertz CT molecular complexity index is 566. The van der Waals surface area contributed by atoms with Crippen LogP contribution in [-0.2, 0) is 19.1 Å². The molecule has 1 fully saturated rings. The number of aliphatic hydroxyl groups is 1. The van der Waals surface area contributed by atoms with Gasteiger partial charge in [0.2, 0.25) is 0 Å². The Morgan fingerprint density at radius 1 is 1.30 bits per heavy atom. The first-order valence-corrected chi connectivity index (χ1v) is 7.14. The van der Waals surface area contributed by atoms with Gasteiger partial charge in [0, 0.05) is 45.5 Å². The minimum absolute atomic E-state index is 0.692. The lowest BCUT2D eigenvalue weighted by molar-refractivity contribution is 0.0462. The van der Waals surface area contributed by atoms with E-state index in [2.05, 4.69) is 14.5 Å². The number of rotatable bonds is 4. The third-order valence-electron chi connectivity index (χ3n) is 4.21. The van der Waals surface area contributed by atoms with E-state index in [1.54, 1.807) is 0 Å². The summed E-state index contributed by atoms with van der Waals surface area (Å²) < 4.78 is 2.06. The van der Waals surface area contributed by atoms with E-state index in [4.69, 9.17) is 0 Å². The topological polar surface area (TPSA) is 41.3 Å². The molecule has 1 aliphatic rings. The van der Waals surface area contributed by atoms with Crippen LogP contribution in [-0.4, -0.2) is 39.2 Å². The Labute approximate surface area is 119 Å². The van der Waals surface area contributed by atoms with Gasteiger partial charge in [-0.15, -0.1) is 0 Å². The number of benzene rings is 1. The summed E-state index contributed by atoms with van der Waals surface area (Å²) in [4.78, 5) is 6.67. The van der Waals surface area contributed by atoms with Crippen LogP contribution in [0.2, 0.25) is 0 Å². The third kappa shape index (κ3) is 2.62. The lowest BCUT2D eigenvalue weighted by Gasteiger charge is -2.24. The molecule has 106 valence electrons. The van der Waals surface area contributed by atoms with Crippen molar-refractivity contribution >= 4 is 0 Å². The second-order valence-corrected chi connectivity index (χ2v) is 5.63. The molecule has 4 heteroatoms. The number of hydrogen-bond donors (Lipinski definition) is 1. The first kappa shape index (κ1) is 13.3. The third-order valence-corrected chi connectivity index (χ3v) is 4.21. The Hall–Kier alpha value is -1.65. The molecule has 0 spiro atoms. The summed E-state index contributed by atoms with van der Waals surface area (Å²) in [6.07, 6.45) is 5.53. The lowest BCUT2D eigenvalue weighted by Crippen LogP contribution is -2.32. The van der Waals surface area contributed by atoms with Crippen LogP contribution in [0.4, 0.5) is 0 Å². The Morgan fingerprint density at radius 3 is 2.80 bits per heavy atom. The van der Waals surface area contributed by atoms with Gasteiger partial charge in [-0.05, 0) is 12.0 Å². The van der Waals surface area contributed by atoms with E-state index < -0.39 is 5.60 Å². The largest absolute Gasteiger partial charge is 0.384 e. The molecular weight excluding hydrogens is 250 g/mol. The van der Waals surface area contributed by atoms with Gasteiger partial charge in [-0.2, -0.15) is 0 Å². The van der Waals surface area contributed by atoms with Gasteiger partial charge in [-0.3, -0.25) is 4.90 Å². The molecule has 1 N–H and O–H groups in total. The Kier molecular flexibility index (Phi) is 3.59. The number of imidazole rings is 1. The zero-order valence-electron chi connectivity index (χ0n) is 11.9. The van der Waals surface area contributed by atoms with E-state index in [0.717, 1.165) is 37.3 Å². The van der Waals surface area contributed by atoms with E-state index in [1.807, 2.05) is 49.8 Å². The zero-order chi connectivity index (χ0) is 14.0. The van der Waals surface area contributed by atoms with Crippen LogP contribution < -0.4 is 0 Å². The van der Waals surface area contributed by atoms with Crippen molar-refractivity contribution in [3.05, 3.63) is 54.1 Å². The van der Waals surface area contributed by atoms with Crippen molar-refractivity contribution in [1.82, 2.24) is 14.5 Å². The second kappa shape index (κ2) is 5.38. The minimum atomic E-state index is -0.692. The summed E-state index contributed by atoms with van der Waals surface area (Å²) in [6.45, 7) is 2.59. The molecule has 3 rings (SSSR count). The zero-order valence-corrected chi connectivity index (χ0v) is 11.9. The summed E-state index contributed by atoms with van der Waals surface area (Å²) >= 11 is 0. The highest BCUT2D eigenvalue weighted by Crippen LogP contribution is 2.31. The molecule has 0 bridgehead atoms. The maximum absolute atomic E-state index is 10.8. The van der Waals surface area contributed by atoms with Crippen molar-refractivity contribution in [2.24, 2.45) is 7.05 Å². The fourth-order valence-electron chi connectivity index (χ4n) is 2.94. The first-order chi connectivity index (χ1) is 9.67. The van der Waals surface area contributed by atoms with Gasteiger partial charge in [-0.1, -0.05) is 30.3 Å². The minimum Gasteiger partial charge on any atom is -0.384 e. The van der Waals surface area contributed by atoms with E-state index in [0.29, 0.717) is 6.54 Å². The maximum Gasteiger partial charge on any atom is 0.109 e.